The first kappa shape index (κ1) is 16.0. The maximum absolute atomic E-state index is 12.3. The number of aromatic amines is 1. The molecular weight excluding hydrogens is 330 g/mol. The lowest BCUT2D eigenvalue weighted by atomic mass is 10.1. The Balaban J connectivity index is 1.79. The molecule has 1 atom stereocenters. The highest BCUT2D eigenvalue weighted by Gasteiger charge is 2.20. The number of hydrogen-bond donors (Lipinski definition) is 3. The van der Waals surface area contributed by atoms with Gasteiger partial charge in [0.15, 0.2) is 0 Å². The Morgan fingerprint density at radius 1 is 1.25 bits per heavy atom. The molecule has 0 fully saturated rings. The summed E-state index contributed by atoms with van der Waals surface area (Å²) in [6, 6.07) is 10.0. The van der Waals surface area contributed by atoms with Crippen molar-refractivity contribution in [3.63, 3.8) is 0 Å². The molecule has 1 amide bonds. The smallest absolute Gasteiger partial charge is 0.326 e. The lowest BCUT2D eigenvalue weighted by Crippen LogP contribution is -2.34. The molecule has 0 bridgehead atoms. The third-order valence-electron chi connectivity index (χ3n) is 3.58. The summed E-state index contributed by atoms with van der Waals surface area (Å²) in [6.07, 6.45) is -0.213. The van der Waals surface area contributed by atoms with Crippen LogP contribution in [0.3, 0.4) is 0 Å². The molecule has 3 aromatic rings. The Kier molecular flexibility index (Phi) is 4.48. The van der Waals surface area contributed by atoms with Crippen LogP contribution >= 0.6 is 11.3 Å². The molecule has 1 unspecified atom stereocenters. The minimum atomic E-state index is -1.00. The van der Waals surface area contributed by atoms with E-state index in [2.05, 4.69) is 10.3 Å². The van der Waals surface area contributed by atoms with Crippen molar-refractivity contribution in [2.75, 3.05) is 0 Å². The number of para-hydroxylation sites is 2. The van der Waals surface area contributed by atoms with Crippen LogP contribution in [0.5, 0.6) is 0 Å². The van der Waals surface area contributed by atoms with Crippen molar-refractivity contribution in [2.45, 2.75) is 19.0 Å². The van der Waals surface area contributed by atoms with Crippen LogP contribution in [0.4, 0.5) is 0 Å². The zero-order valence-corrected chi connectivity index (χ0v) is 13.4. The van der Waals surface area contributed by atoms with Crippen molar-refractivity contribution >= 4 is 34.2 Å². The van der Waals surface area contributed by atoms with E-state index in [0.29, 0.717) is 11.0 Å². The number of thiophene rings is 1. The van der Waals surface area contributed by atoms with E-state index in [1.165, 1.54) is 15.9 Å². The molecule has 2 aromatic heterocycles. The number of aromatic nitrogens is 2. The summed E-state index contributed by atoms with van der Waals surface area (Å²) in [5.41, 5.74) is 0.899. The molecule has 0 aliphatic heterocycles. The van der Waals surface area contributed by atoms with Crippen LogP contribution in [-0.2, 0) is 16.1 Å². The molecule has 0 aliphatic carbocycles. The predicted octanol–water partition coefficient (Wildman–Crippen LogP) is 1.72. The van der Waals surface area contributed by atoms with E-state index in [1.807, 2.05) is 5.38 Å². The molecule has 1 aromatic carbocycles. The third kappa shape index (κ3) is 3.38. The van der Waals surface area contributed by atoms with Gasteiger partial charge in [0.25, 0.3) is 0 Å². The summed E-state index contributed by atoms with van der Waals surface area (Å²) < 4.78 is 1.33. The number of rotatable bonds is 6. The molecule has 0 saturated carbocycles. The number of H-pyrrole nitrogens is 1. The van der Waals surface area contributed by atoms with Crippen LogP contribution in [0.25, 0.3) is 11.0 Å². The van der Waals surface area contributed by atoms with E-state index in [-0.39, 0.29) is 18.7 Å². The zero-order chi connectivity index (χ0) is 17.1. The normalized spacial score (nSPS) is 12.2. The average molecular weight is 345 g/mol. The highest BCUT2D eigenvalue weighted by molar-refractivity contribution is 7.10. The second-order valence-corrected chi connectivity index (χ2v) is 6.25. The summed E-state index contributed by atoms with van der Waals surface area (Å²) in [5, 5.41) is 13.5. The number of carbonyl (C=O) groups is 2. The molecule has 3 N–H and O–H groups in total. The molecule has 8 heteroatoms. The van der Waals surface area contributed by atoms with E-state index in [1.54, 1.807) is 36.4 Å². The fourth-order valence-corrected chi connectivity index (χ4v) is 3.31. The standard InChI is InChI=1S/C16H15N3O4S/c20-14(17-11(8-15(21)22)13-6-3-7-24-13)9-19-12-5-2-1-4-10(12)18-16(19)23/h1-7,11H,8-9H2,(H,17,20)(H,18,23)(H,21,22). The Bertz CT molecular complexity index is 926. The SMILES string of the molecule is O=C(O)CC(NC(=O)Cn1c(=O)[nH]c2ccccc21)c1cccs1. The largest absolute Gasteiger partial charge is 0.481 e. The molecule has 0 aliphatic rings. The maximum Gasteiger partial charge on any atom is 0.326 e. The van der Waals surface area contributed by atoms with Gasteiger partial charge in [0.2, 0.25) is 5.91 Å². The van der Waals surface area contributed by atoms with Crippen molar-refractivity contribution < 1.29 is 14.7 Å². The van der Waals surface area contributed by atoms with Gasteiger partial charge in [-0.3, -0.25) is 14.2 Å². The zero-order valence-electron chi connectivity index (χ0n) is 12.6. The number of nitrogens with one attached hydrogen (secondary N) is 2. The van der Waals surface area contributed by atoms with E-state index >= 15 is 0 Å². The second-order valence-electron chi connectivity index (χ2n) is 5.27. The molecule has 0 spiro atoms. The summed E-state index contributed by atoms with van der Waals surface area (Å²) >= 11 is 1.38. The quantitative estimate of drug-likeness (QED) is 0.633. The van der Waals surface area contributed by atoms with Crippen LogP contribution in [0.2, 0.25) is 0 Å². The van der Waals surface area contributed by atoms with E-state index in [0.717, 1.165) is 4.88 Å². The molecule has 0 saturated heterocycles. The summed E-state index contributed by atoms with van der Waals surface area (Å²) in [5.74, 6) is -1.42. The Morgan fingerprint density at radius 2 is 2.04 bits per heavy atom. The highest BCUT2D eigenvalue weighted by atomic mass is 32.1. The number of nitrogens with zero attached hydrogens (tertiary/aromatic N) is 1. The van der Waals surface area contributed by atoms with Crippen molar-refractivity contribution in [1.29, 1.82) is 0 Å². The number of amides is 1. The summed E-state index contributed by atoms with van der Waals surface area (Å²) in [4.78, 5) is 38.8. The lowest BCUT2D eigenvalue weighted by molar-refractivity contribution is -0.137. The second kappa shape index (κ2) is 6.71. The van der Waals surface area contributed by atoms with E-state index in [9.17, 15) is 14.4 Å². The molecule has 7 nitrogen and oxygen atoms in total. The molecule has 24 heavy (non-hydrogen) atoms. The van der Waals surface area contributed by atoms with Crippen LogP contribution in [0.15, 0.2) is 46.6 Å². The van der Waals surface area contributed by atoms with Gasteiger partial charge >= 0.3 is 11.7 Å². The maximum atomic E-state index is 12.3. The lowest BCUT2D eigenvalue weighted by Gasteiger charge is -2.15. The number of hydrogen-bond acceptors (Lipinski definition) is 4. The summed E-state index contributed by atoms with van der Waals surface area (Å²) in [6.45, 7) is -0.176. The van der Waals surface area contributed by atoms with Gasteiger partial charge in [0, 0.05) is 4.88 Å². The first-order valence-corrected chi connectivity index (χ1v) is 8.14. The Labute approximate surface area is 140 Å². The van der Waals surface area contributed by atoms with Gasteiger partial charge in [-0.25, -0.2) is 4.79 Å². The number of fused-ring (bicyclic) bond motifs is 1. The van der Waals surface area contributed by atoms with Crippen molar-refractivity contribution in [3.8, 4) is 0 Å². The van der Waals surface area contributed by atoms with Crippen molar-refractivity contribution in [3.05, 3.63) is 57.1 Å². The third-order valence-corrected chi connectivity index (χ3v) is 4.57. The molecule has 3 rings (SSSR count). The predicted molar refractivity (Wildman–Crippen MR) is 90.0 cm³/mol. The number of carbonyl (C=O) groups excluding carboxylic acids is 1. The topological polar surface area (TPSA) is 104 Å². The Hall–Kier alpha value is -2.87. The number of benzene rings is 1. The van der Waals surface area contributed by atoms with Crippen LogP contribution in [-0.4, -0.2) is 26.5 Å². The first-order valence-electron chi connectivity index (χ1n) is 7.26. The van der Waals surface area contributed by atoms with E-state index in [4.69, 9.17) is 5.11 Å². The Morgan fingerprint density at radius 3 is 2.75 bits per heavy atom. The van der Waals surface area contributed by atoms with Gasteiger partial charge in [-0.1, -0.05) is 18.2 Å². The highest BCUT2D eigenvalue weighted by Crippen LogP contribution is 2.22. The minimum absolute atomic E-state index is 0.176. The van der Waals surface area contributed by atoms with Gasteiger partial charge in [-0.2, -0.15) is 0 Å². The van der Waals surface area contributed by atoms with Crippen LogP contribution in [0.1, 0.15) is 17.3 Å². The van der Waals surface area contributed by atoms with Gasteiger partial charge in [0.1, 0.15) is 6.54 Å². The first-order chi connectivity index (χ1) is 11.5. The van der Waals surface area contributed by atoms with Gasteiger partial charge in [-0.05, 0) is 23.6 Å². The number of imidazole rings is 1. The number of aliphatic carboxylic acids is 1. The van der Waals surface area contributed by atoms with Gasteiger partial charge < -0.3 is 15.4 Å². The average Bonchev–Trinajstić information content (AvgIpc) is 3.15. The number of carboxylic acid groups (broad SMARTS) is 1. The summed E-state index contributed by atoms with van der Waals surface area (Å²) in [7, 11) is 0. The molecule has 2 heterocycles. The molecule has 124 valence electrons. The van der Waals surface area contributed by atoms with Gasteiger partial charge in [0.05, 0.1) is 23.5 Å². The van der Waals surface area contributed by atoms with Crippen molar-refractivity contribution in [1.82, 2.24) is 14.9 Å². The molecular formula is C16H15N3O4S. The van der Waals surface area contributed by atoms with Gasteiger partial charge in [-0.15, -0.1) is 11.3 Å². The fraction of sp³-hybridized carbons (Fsp3) is 0.188. The van der Waals surface area contributed by atoms with E-state index < -0.39 is 17.9 Å². The minimum Gasteiger partial charge on any atom is -0.481 e. The molecule has 0 radical (unpaired) electrons. The van der Waals surface area contributed by atoms with Crippen LogP contribution < -0.4 is 11.0 Å². The fourth-order valence-electron chi connectivity index (χ4n) is 2.53. The van der Waals surface area contributed by atoms with Crippen LogP contribution in [0, 0.1) is 0 Å². The monoisotopic (exact) mass is 345 g/mol. The van der Waals surface area contributed by atoms with Crippen molar-refractivity contribution in [2.24, 2.45) is 0 Å². The number of carboxylic acids is 1.